The second-order valence-corrected chi connectivity index (χ2v) is 5.25. The molecule has 0 spiro atoms. The first-order chi connectivity index (χ1) is 9.74. The van der Waals surface area contributed by atoms with Gasteiger partial charge < -0.3 is 4.74 Å². The van der Waals surface area contributed by atoms with Crippen LogP contribution in [0, 0.1) is 11.7 Å². The normalized spacial score (nSPS) is 18.9. The number of aromatic amines is 1. The van der Waals surface area contributed by atoms with E-state index in [4.69, 9.17) is 17.0 Å². The molecule has 1 N–H and O–H groups in total. The Labute approximate surface area is 122 Å². The summed E-state index contributed by atoms with van der Waals surface area (Å²) in [6, 6.07) is 8.13. The third-order valence-corrected chi connectivity index (χ3v) is 3.52. The van der Waals surface area contributed by atoms with Crippen LogP contribution < -0.4 is 0 Å². The first kappa shape index (κ1) is 13.2. The molecule has 1 fully saturated rings. The van der Waals surface area contributed by atoms with Crippen LogP contribution in [-0.4, -0.2) is 27.7 Å². The summed E-state index contributed by atoms with van der Waals surface area (Å²) in [6.45, 7) is 2.82. The third kappa shape index (κ3) is 2.71. The van der Waals surface area contributed by atoms with Gasteiger partial charge in [0.1, 0.15) is 6.10 Å². The van der Waals surface area contributed by atoms with Gasteiger partial charge in [-0.05, 0) is 37.5 Å². The van der Waals surface area contributed by atoms with Gasteiger partial charge in [-0.2, -0.15) is 14.9 Å². The average molecular weight is 288 g/mol. The van der Waals surface area contributed by atoms with Crippen LogP contribution in [0.15, 0.2) is 29.4 Å². The monoisotopic (exact) mass is 288 g/mol. The van der Waals surface area contributed by atoms with Crippen molar-refractivity contribution in [2.75, 3.05) is 6.61 Å². The number of aromatic nitrogens is 3. The molecule has 1 atom stereocenters. The molecule has 1 aromatic heterocycles. The molecule has 0 amide bonds. The van der Waals surface area contributed by atoms with E-state index in [0.29, 0.717) is 4.77 Å². The van der Waals surface area contributed by atoms with E-state index in [0.717, 1.165) is 30.8 Å². The number of rotatable bonds is 3. The smallest absolute Gasteiger partial charge is 0.216 e. The Morgan fingerprint density at radius 2 is 2.45 bits per heavy atom. The van der Waals surface area contributed by atoms with Crippen LogP contribution in [-0.2, 0) is 4.74 Å². The van der Waals surface area contributed by atoms with Crippen LogP contribution in [0.2, 0.25) is 0 Å². The van der Waals surface area contributed by atoms with Gasteiger partial charge >= 0.3 is 0 Å². The number of hydrogen-bond donors (Lipinski definition) is 1. The lowest BCUT2D eigenvalue weighted by atomic mass is 10.2. The molecular formula is C14H16N4OS. The second-order valence-electron chi connectivity index (χ2n) is 4.86. The van der Waals surface area contributed by atoms with Crippen molar-refractivity contribution in [2.24, 2.45) is 5.10 Å². The number of nitrogens with zero attached hydrogens (tertiary/aromatic N) is 3. The van der Waals surface area contributed by atoms with Gasteiger partial charge in [0.05, 0.1) is 6.21 Å². The molecule has 20 heavy (non-hydrogen) atoms. The number of nitrogens with one attached hydrogen (secondary N) is 1. The van der Waals surface area contributed by atoms with Crippen molar-refractivity contribution in [3.63, 3.8) is 0 Å². The van der Waals surface area contributed by atoms with Crippen molar-refractivity contribution in [2.45, 2.75) is 25.9 Å². The highest BCUT2D eigenvalue weighted by atomic mass is 32.1. The van der Waals surface area contributed by atoms with Gasteiger partial charge in [0, 0.05) is 6.61 Å². The predicted molar refractivity (Wildman–Crippen MR) is 79.5 cm³/mol. The minimum absolute atomic E-state index is 0.0161. The number of ether oxygens (including phenoxy) is 1. The van der Waals surface area contributed by atoms with E-state index in [1.54, 1.807) is 10.9 Å². The lowest BCUT2D eigenvalue weighted by molar-refractivity contribution is 0.102. The van der Waals surface area contributed by atoms with Crippen LogP contribution in [0.1, 0.15) is 35.9 Å². The summed E-state index contributed by atoms with van der Waals surface area (Å²) < 4.78 is 7.77. The molecule has 0 unspecified atom stereocenters. The Hall–Kier alpha value is -1.79. The topological polar surface area (TPSA) is 55.2 Å². The van der Waals surface area contributed by atoms with Gasteiger partial charge in [0.25, 0.3) is 0 Å². The van der Waals surface area contributed by atoms with E-state index in [9.17, 15) is 0 Å². The third-order valence-electron chi connectivity index (χ3n) is 3.26. The highest BCUT2D eigenvalue weighted by Crippen LogP contribution is 2.26. The van der Waals surface area contributed by atoms with Crippen molar-refractivity contribution < 1.29 is 4.74 Å². The molecule has 2 heterocycles. The average Bonchev–Trinajstić information content (AvgIpc) is 3.06. The summed E-state index contributed by atoms with van der Waals surface area (Å²) in [5.74, 6) is 0.747. The fourth-order valence-electron chi connectivity index (χ4n) is 2.28. The zero-order valence-electron chi connectivity index (χ0n) is 11.2. The summed E-state index contributed by atoms with van der Waals surface area (Å²) in [4.78, 5) is 0. The van der Waals surface area contributed by atoms with Crippen LogP contribution in [0.4, 0.5) is 0 Å². The molecule has 1 aliphatic rings. The molecule has 0 aliphatic carbocycles. The Kier molecular flexibility index (Phi) is 3.75. The Morgan fingerprint density at radius 3 is 3.20 bits per heavy atom. The second kappa shape index (κ2) is 5.68. The summed E-state index contributed by atoms with van der Waals surface area (Å²) >= 11 is 5.23. The van der Waals surface area contributed by atoms with E-state index < -0.39 is 0 Å². The van der Waals surface area contributed by atoms with Crippen LogP contribution in [0.3, 0.4) is 0 Å². The highest BCUT2D eigenvalue weighted by Gasteiger charge is 2.23. The van der Waals surface area contributed by atoms with E-state index in [2.05, 4.69) is 34.4 Å². The van der Waals surface area contributed by atoms with Gasteiger partial charge in [-0.1, -0.05) is 29.8 Å². The van der Waals surface area contributed by atoms with Gasteiger partial charge in [0.15, 0.2) is 5.82 Å². The molecule has 0 saturated carbocycles. The Bertz CT molecular complexity index is 682. The van der Waals surface area contributed by atoms with Crippen LogP contribution in [0.5, 0.6) is 0 Å². The SMILES string of the molecule is Cc1cccc(/C=N\n2c([C@@H]3CCCO3)n[nH]c2=S)c1. The quantitative estimate of drug-likeness (QED) is 0.698. The van der Waals surface area contributed by atoms with Crippen LogP contribution >= 0.6 is 12.2 Å². The molecule has 6 heteroatoms. The molecule has 1 aliphatic heterocycles. The molecule has 1 saturated heterocycles. The van der Waals surface area contributed by atoms with Crippen molar-refractivity contribution in [1.82, 2.24) is 14.9 Å². The predicted octanol–water partition coefficient (Wildman–Crippen LogP) is 2.98. The largest absolute Gasteiger partial charge is 0.370 e. The number of aryl methyl sites for hydroxylation is 1. The maximum absolute atomic E-state index is 5.64. The van der Waals surface area contributed by atoms with E-state index in [1.165, 1.54) is 5.56 Å². The lowest BCUT2D eigenvalue weighted by Crippen LogP contribution is -2.05. The van der Waals surface area contributed by atoms with Crippen molar-refractivity contribution in [3.8, 4) is 0 Å². The van der Waals surface area contributed by atoms with Gasteiger partial charge in [-0.15, -0.1) is 0 Å². The molecule has 3 rings (SSSR count). The van der Waals surface area contributed by atoms with E-state index in [-0.39, 0.29) is 6.10 Å². The fourth-order valence-corrected chi connectivity index (χ4v) is 2.47. The Balaban J connectivity index is 1.90. The first-order valence-corrected chi connectivity index (χ1v) is 7.05. The number of H-pyrrole nitrogens is 1. The summed E-state index contributed by atoms with van der Waals surface area (Å²) in [7, 11) is 0. The van der Waals surface area contributed by atoms with Gasteiger partial charge in [0.2, 0.25) is 4.77 Å². The van der Waals surface area contributed by atoms with Crippen molar-refractivity contribution in [1.29, 1.82) is 0 Å². The maximum atomic E-state index is 5.64. The van der Waals surface area contributed by atoms with Crippen molar-refractivity contribution >= 4 is 18.4 Å². The zero-order valence-corrected chi connectivity index (χ0v) is 12.1. The summed E-state index contributed by atoms with van der Waals surface area (Å²) in [5.41, 5.74) is 2.23. The minimum atomic E-state index is -0.0161. The molecule has 1 aromatic carbocycles. The molecule has 0 radical (unpaired) electrons. The lowest BCUT2D eigenvalue weighted by Gasteiger charge is -2.07. The van der Waals surface area contributed by atoms with E-state index >= 15 is 0 Å². The van der Waals surface area contributed by atoms with Crippen LogP contribution in [0.25, 0.3) is 0 Å². The van der Waals surface area contributed by atoms with Gasteiger partial charge in [-0.25, -0.2) is 0 Å². The summed E-state index contributed by atoms with van der Waals surface area (Å²) in [6.07, 6.45) is 3.78. The standard InChI is InChI=1S/C14H16N4OS/c1-10-4-2-5-11(8-10)9-15-18-13(16-17-14(18)20)12-6-3-7-19-12/h2,4-5,8-9,12H,3,6-7H2,1H3,(H,17,20)/b15-9-/t12-/m0/s1. The zero-order chi connectivity index (χ0) is 13.9. The maximum Gasteiger partial charge on any atom is 0.216 e. The van der Waals surface area contributed by atoms with Crippen molar-refractivity contribution in [3.05, 3.63) is 46.0 Å². The van der Waals surface area contributed by atoms with Gasteiger partial charge in [-0.3, -0.25) is 5.10 Å². The molecule has 5 nitrogen and oxygen atoms in total. The minimum Gasteiger partial charge on any atom is -0.370 e. The van der Waals surface area contributed by atoms with E-state index in [1.807, 2.05) is 12.1 Å². The molecular weight excluding hydrogens is 272 g/mol. The highest BCUT2D eigenvalue weighted by molar-refractivity contribution is 7.71. The molecule has 2 aromatic rings. The Morgan fingerprint density at radius 1 is 1.55 bits per heavy atom. The number of benzene rings is 1. The first-order valence-electron chi connectivity index (χ1n) is 6.64. The molecule has 104 valence electrons. The fraction of sp³-hybridized carbons (Fsp3) is 0.357. The molecule has 0 bridgehead atoms. The number of hydrogen-bond acceptors (Lipinski definition) is 4. The summed E-state index contributed by atoms with van der Waals surface area (Å²) in [5, 5.41) is 11.5.